The van der Waals surface area contributed by atoms with E-state index in [-0.39, 0.29) is 29.9 Å². The van der Waals surface area contributed by atoms with Crippen molar-refractivity contribution in [1.29, 1.82) is 0 Å². The molecule has 1 unspecified atom stereocenters. The van der Waals surface area contributed by atoms with Gasteiger partial charge >= 0.3 is 6.09 Å². The summed E-state index contributed by atoms with van der Waals surface area (Å²) in [5.41, 5.74) is 1.65. The first-order valence-corrected chi connectivity index (χ1v) is 10.5. The molecule has 0 aliphatic carbocycles. The number of carbonyl (C=O) groups is 3. The lowest BCUT2D eigenvalue weighted by Crippen LogP contribution is -2.28. The Labute approximate surface area is 187 Å². The van der Waals surface area contributed by atoms with E-state index in [1.54, 1.807) is 6.07 Å². The van der Waals surface area contributed by atoms with Crippen molar-refractivity contribution in [2.75, 3.05) is 29.2 Å². The van der Waals surface area contributed by atoms with Gasteiger partial charge in [0.05, 0.1) is 13.0 Å². The molecule has 8 nitrogen and oxygen atoms in total. The highest BCUT2D eigenvalue weighted by molar-refractivity contribution is 7.20. The second-order valence-electron chi connectivity index (χ2n) is 7.05. The number of carbonyl (C=O) groups excluding carboxylic acids is 3. The summed E-state index contributed by atoms with van der Waals surface area (Å²) in [4.78, 5) is 42.8. The summed E-state index contributed by atoms with van der Waals surface area (Å²) in [6, 6.07) is 14.9. The van der Waals surface area contributed by atoms with Crippen molar-refractivity contribution in [3.05, 3.63) is 60.4 Å². The topological polar surface area (TPSA) is 101 Å². The minimum absolute atomic E-state index is 0.00902. The van der Waals surface area contributed by atoms with Crippen LogP contribution in [0.1, 0.15) is 6.42 Å². The summed E-state index contributed by atoms with van der Waals surface area (Å²) < 4.78 is 18.2. The number of nitrogens with zero attached hydrogens (tertiary/aromatic N) is 2. The number of anilines is 3. The minimum atomic E-state index is -0.677. The summed E-state index contributed by atoms with van der Waals surface area (Å²) in [5.74, 6) is -1.68. The fourth-order valence-corrected chi connectivity index (χ4v) is 4.26. The smallest absolute Gasteiger partial charge is 0.413 e. The molecular weight excluding hydrogens is 435 g/mol. The Bertz CT molecular complexity index is 1170. The van der Waals surface area contributed by atoms with Crippen LogP contribution in [-0.4, -0.2) is 36.5 Å². The van der Waals surface area contributed by atoms with Gasteiger partial charge in [-0.15, -0.1) is 0 Å². The Kier molecular flexibility index (Phi) is 6.13. The standard InChI is InChI=1S/C22H19FN4O4S/c1-31-22(30)26-21-24-18(13-6-3-2-4-7-13)20(32-21)25-19(29)14-10-17(28)27(12-14)16-9-5-8-15(23)11-16/h2-9,11,14H,10,12H2,1H3,(H,25,29)(H,24,26,30). The number of halogens is 1. The van der Waals surface area contributed by atoms with Gasteiger partial charge in [-0.1, -0.05) is 47.7 Å². The van der Waals surface area contributed by atoms with Gasteiger partial charge < -0.3 is 15.0 Å². The zero-order chi connectivity index (χ0) is 22.7. The molecule has 1 atom stereocenters. The van der Waals surface area contributed by atoms with Crippen molar-refractivity contribution in [3.63, 3.8) is 0 Å². The van der Waals surface area contributed by atoms with Crippen LogP contribution in [-0.2, 0) is 14.3 Å². The maximum Gasteiger partial charge on any atom is 0.413 e. The van der Waals surface area contributed by atoms with E-state index in [2.05, 4.69) is 20.4 Å². The molecule has 2 N–H and O–H groups in total. The van der Waals surface area contributed by atoms with Crippen LogP contribution in [0.4, 0.5) is 25.0 Å². The third-order valence-corrected chi connectivity index (χ3v) is 5.81. The molecule has 1 fully saturated rings. The minimum Gasteiger partial charge on any atom is -0.453 e. The monoisotopic (exact) mass is 454 g/mol. The largest absolute Gasteiger partial charge is 0.453 e. The predicted molar refractivity (Wildman–Crippen MR) is 119 cm³/mol. The number of ether oxygens (including phenoxy) is 1. The van der Waals surface area contributed by atoms with Crippen LogP contribution in [0.2, 0.25) is 0 Å². The number of amides is 3. The number of aromatic nitrogens is 1. The van der Waals surface area contributed by atoms with E-state index < -0.39 is 17.8 Å². The van der Waals surface area contributed by atoms with E-state index in [1.807, 2.05) is 30.3 Å². The zero-order valence-corrected chi connectivity index (χ0v) is 17.8. The Morgan fingerprint density at radius 1 is 1.16 bits per heavy atom. The van der Waals surface area contributed by atoms with Gasteiger partial charge in [-0.25, -0.2) is 14.2 Å². The molecule has 10 heteroatoms. The summed E-state index contributed by atoms with van der Waals surface area (Å²) >= 11 is 1.08. The van der Waals surface area contributed by atoms with Crippen LogP contribution >= 0.6 is 11.3 Å². The Balaban J connectivity index is 1.55. The molecule has 0 spiro atoms. The van der Waals surface area contributed by atoms with Crippen molar-refractivity contribution in [3.8, 4) is 11.3 Å². The first kappa shape index (κ1) is 21.4. The number of thiazole rings is 1. The number of hydrogen-bond acceptors (Lipinski definition) is 6. The number of rotatable bonds is 5. The van der Waals surface area contributed by atoms with Gasteiger partial charge in [0, 0.05) is 24.2 Å². The fourth-order valence-electron chi connectivity index (χ4n) is 3.38. The van der Waals surface area contributed by atoms with Gasteiger partial charge in [0.15, 0.2) is 5.13 Å². The van der Waals surface area contributed by atoms with Crippen molar-refractivity contribution in [1.82, 2.24) is 4.98 Å². The second kappa shape index (κ2) is 9.15. The molecule has 0 radical (unpaired) electrons. The van der Waals surface area contributed by atoms with E-state index in [1.165, 1.54) is 30.2 Å². The predicted octanol–water partition coefficient (Wildman–Crippen LogP) is 4.12. The van der Waals surface area contributed by atoms with Gasteiger partial charge in [-0.3, -0.25) is 14.9 Å². The first-order chi connectivity index (χ1) is 15.4. The highest BCUT2D eigenvalue weighted by Crippen LogP contribution is 2.37. The lowest BCUT2D eigenvalue weighted by atomic mass is 10.1. The van der Waals surface area contributed by atoms with Gasteiger partial charge in [0.25, 0.3) is 0 Å². The third kappa shape index (κ3) is 4.59. The van der Waals surface area contributed by atoms with Crippen molar-refractivity contribution in [2.45, 2.75) is 6.42 Å². The molecule has 0 bridgehead atoms. The van der Waals surface area contributed by atoms with E-state index in [0.29, 0.717) is 16.4 Å². The average molecular weight is 454 g/mol. The second-order valence-corrected chi connectivity index (χ2v) is 8.05. The van der Waals surface area contributed by atoms with Crippen LogP contribution in [0.15, 0.2) is 54.6 Å². The van der Waals surface area contributed by atoms with Gasteiger partial charge in [0.1, 0.15) is 16.5 Å². The highest BCUT2D eigenvalue weighted by atomic mass is 32.1. The van der Waals surface area contributed by atoms with Gasteiger partial charge in [0.2, 0.25) is 11.8 Å². The lowest BCUT2D eigenvalue weighted by molar-refractivity contribution is -0.122. The van der Waals surface area contributed by atoms with Crippen LogP contribution in [0, 0.1) is 11.7 Å². The number of methoxy groups -OCH3 is 1. The Morgan fingerprint density at radius 3 is 2.66 bits per heavy atom. The molecule has 4 rings (SSSR count). The molecule has 1 aliphatic heterocycles. The zero-order valence-electron chi connectivity index (χ0n) is 17.0. The Morgan fingerprint density at radius 2 is 1.94 bits per heavy atom. The van der Waals surface area contributed by atoms with Crippen molar-refractivity contribution < 1.29 is 23.5 Å². The molecule has 3 amide bonds. The van der Waals surface area contributed by atoms with E-state index in [9.17, 15) is 18.8 Å². The first-order valence-electron chi connectivity index (χ1n) is 9.72. The number of benzene rings is 2. The SMILES string of the molecule is COC(=O)Nc1nc(-c2ccccc2)c(NC(=O)C2CC(=O)N(c3cccc(F)c3)C2)s1. The van der Waals surface area contributed by atoms with Crippen LogP contribution < -0.4 is 15.5 Å². The molecule has 2 aromatic carbocycles. The average Bonchev–Trinajstić information content (AvgIpc) is 3.37. The molecule has 32 heavy (non-hydrogen) atoms. The maximum absolute atomic E-state index is 13.6. The molecule has 1 aromatic heterocycles. The molecule has 2 heterocycles. The van der Waals surface area contributed by atoms with Crippen LogP contribution in [0.3, 0.4) is 0 Å². The van der Waals surface area contributed by atoms with Gasteiger partial charge in [-0.2, -0.15) is 0 Å². The summed E-state index contributed by atoms with van der Waals surface area (Å²) in [5, 5.41) is 6.04. The van der Waals surface area contributed by atoms with E-state index in [0.717, 1.165) is 16.9 Å². The summed E-state index contributed by atoms with van der Waals surface area (Å²) in [7, 11) is 1.24. The number of nitrogens with one attached hydrogen (secondary N) is 2. The fraction of sp³-hybridized carbons (Fsp3) is 0.182. The van der Waals surface area contributed by atoms with Crippen LogP contribution in [0.25, 0.3) is 11.3 Å². The molecule has 1 aliphatic rings. The lowest BCUT2D eigenvalue weighted by Gasteiger charge is -2.16. The molecular formula is C22H19FN4O4S. The summed E-state index contributed by atoms with van der Waals surface area (Å²) in [6.45, 7) is 0.140. The van der Waals surface area contributed by atoms with E-state index in [4.69, 9.17) is 0 Å². The molecule has 164 valence electrons. The number of hydrogen-bond donors (Lipinski definition) is 2. The molecule has 1 saturated heterocycles. The van der Waals surface area contributed by atoms with Gasteiger partial charge in [-0.05, 0) is 18.2 Å². The highest BCUT2D eigenvalue weighted by Gasteiger charge is 2.36. The Hall–Kier alpha value is -3.79. The molecule has 0 saturated carbocycles. The maximum atomic E-state index is 13.6. The van der Waals surface area contributed by atoms with Crippen molar-refractivity contribution in [2.24, 2.45) is 5.92 Å². The van der Waals surface area contributed by atoms with Crippen LogP contribution in [0.5, 0.6) is 0 Å². The normalized spacial score (nSPS) is 15.5. The third-order valence-electron chi connectivity index (χ3n) is 4.92. The van der Waals surface area contributed by atoms with E-state index >= 15 is 0 Å². The quantitative estimate of drug-likeness (QED) is 0.604. The molecule has 3 aromatic rings. The summed E-state index contributed by atoms with van der Waals surface area (Å²) in [6.07, 6.45) is -0.668. The van der Waals surface area contributed by atoms with Crippen molar-refractivity contribution >= 4 is 45.1 Å².